The van der Waals surface area contributed by atoms with Gasteiger partial charge in [-0.3, -0.25) is 0 Å². The van der Waals surface area contributed by atoms with E-state index in [0.29, 0.717) is 6.61 Å². The van der Waals surface area contributed by atoms with Gasteiger partial charge in [0, 0.05) is 12.5 Å². The molecule has 0 aliphatic rings. The Balaban J connectivity index is 2.07. The van der Waals surface area contributed by atoms with Crippen LogP contribution in [0.5, 0.6) is 0 Å². The van der Waals surface area contributed by atoms with Gasteiger partial charge in [0.05, 0.1) is 6.61 Å². The molecule has 0 N–H and O–H groups in total. The largest absolute Gasteiger partial charge is 0.377 e. The first-order chi connectivity index (χ1) is 7.43. The second-order valence-corrected chi connectivity index (χ2v) is 3.66. The molecule has 0 bridgehead atoms. The van der Waals surface area contributed by atoms with Crippen LogP contribution in [0.25, 0.3) is 6.08 Å². The summed E-state index contributed by atoms with van der Waals surface area (Å²) in [5, 5.41) is 0. The molecule has 1 rings (SSSR count). The molecule has 1 nitrogen and oxygen atoms in total. The monoisotopic (exact) mass is 224 g/mol. The van der Waals surface area contributed by atoms with Gasteiger partial charge in [0.2, 0.25) is 0 Å². The predicted octanol–water partition coefficient (Wildman–Crippen LogP) is 3.74. The number of hydrogen-bond acceptors (Lipinski definition) is 1. The van der Waals surface area contributed by atoms with Crippen molar-refractivity contribution >= 4 is 17.7 Å². The molecule has 0 aliphatic carbocycles. The molecule has 1 aromatic carbocycles. The Morgan fingerprint density at radius 2 is 1.93 bits per heavy atom. The van der Waals surface area contributed by atoms with Crippen LogP contribution < -0.4 is 0 Å². The highest BCUT2D eigenvalue weighted by Crippen LogP contribution is 2.00. The molecule has 0 aliphatic heterocycles. The van der Waals surface area contributed by atoms with Crippen LogP contribution in [0, 0.1) is 0 Å². The van der Waals surface area contributed by atoms with Gasteiger partial charge in [-0.2, -0.15) is 0 Å². The van der Waals surface area contributed by atoms with Crippen LogP contribution in [0.4, 0.5) is 0 Å². The van der Waals surface area contributed by atoms with Gasteiger partial charge < -0.3 is 4.74 Å². The van der Waals surface area contributed by atoms with E-state index in [4.69, 9.17) is 16.3 Å². The van der Waals surface area contributed by atoms with Crippen molar-refractivity contribution in [3.05, 3.63) is 42.0 Å². The van der Waals surface area contributed by atoms with E-state index in [-0.39, 0.29) is 0 Å². The van der Waals surface area contributed by atoms with Crippen LogP contribution in [0.15, 0.2) is 36.4 Å². The van der Waals surface area contributed by atoms with Crippen molar-refractivity contribution in [1.82, 2.24) is 0 Å². The van der Waals surface area contributed by atoms with Gasteiger partial charge >= 0.3 is 0 Å². The maximum Gasteiger partial charge on any atom is 0.0650 e. The van der Waals surface area contributed by atoms with Crippen LogP contribution >= 0.6 is 11.6 Å². The molecule has 0 radical (unpaired) electrons. The number of halogens is 1. The molecule has 0 atom stereocenters. The molecule has 82 valence electrons. The Kier molecular flexibility index (Phi) is 6.97. The summed E-state index contributed by atoms with van der Waals surface area (Å²) in [4.78, 5) is 0. The molecule has 2 heteroatoms. The summed E-state index contributed by atoms with van der Waals surface area (Å²) in [6.45, 7) is 1.48. The Bertz CT molecular complexity index is 269. The number of ether oxygens (including phenoxy) is 1. The maximum absolute atomic E-state index is 5.55. The third-order valence-corrected chi connectivity index (χ3v) is 2.26. The lowest BCUT2D eigenvalue weighted by Crippen LogP contribution is -1.94. The first kappa shape index (κ1) is 12.3. The van der Waals surface area contributed by atoms with E-state index in [2.05, 4.69) is 18.2 Å². The molecule has 0 aromatic heterocycles. The lowest BCUT2D eigenvalue weighted by Gasteiger charge is -1.98. The topological polar surface area (TPSA) is 9.23 Å². The summed E-state index contributed by atoms with van der Waals surface area (Å²) in [6.07, 6.45) is 6.18. The molecule has 0 heterocycles. The standard InChI is InChI=1S/C13H17ClO/c14-10-4-5-11-15-12-6-9-13-7-2-1-3-8-13/h1-3,6-9H,4-5,10-12H2. The van der Waals surface area contributed by atoms with Gasteiger partial charge in [-0.25, -0.2) is 0 Å². The van der Waals surface area contributed by atoms with E-state index in [9.17, 15) is 0 Å². The van der Waals surface area contributed by atoms with E-state index in [1.54, 1.807) is 0 Å². The minimum Gasteiger partial charge on any atom is -0.377 e. The quantitative estimate of drug-likeness (QED) is 0.507. The molecular formula is C13H17ClO. The van der Waals surface area contributed by atoms with Crippen LogP contribution in [-0.4, -0.2) is 19.1 Å². The smallest absolute Gasteiger partial charge is 0.0650 e. The number of unbranched alkanes of at least 4 members (excludes halogenated alkanes) is 1. The zero-order chi connectivity index (χ0) is 10.8. The first-order valence-electron chi connectivity index (χ1n) is 5.29. The Morgan fingerprint density at radius 3 is 2.67 bits per heavy atom. The van der Waals surface area contributed by atoms with E-state index in [1.807, 2.05) is 24.3 Å². The summed E-state index contributed by atoms with van der Waals surface area (Å²) < 4.78 is 5.41. The van der Waals surface area contributed by atoms with Crippen LogP contribution in [0.3, 0.4) is 0 Å². The minimum atomic E-state index is 0.678. The summed E-state index contributed by atoms with van der Waals surface area (Å²) in [5.41, 5.74) is 1.21. The van der Waals surface area contributed by atoms with Crippen molar-refractivity contribution in [2.75, 3.05) is 19.1 Å². The summed E-state index contributed by atoms with van der Waals surface area (Å²) in [6, 6.07) is 10.2. The fraction of sp³-hybridized carbons (Fsp3) is 0.385. The summed E-state index contributed by atoms with van der Waals surface area (Å²) in [7, 11) is 0. The van der Waals surface area contributed by atoms with Crippen LogP contribution in [0.2, 0.25) is 0 Å². The third kappa shape index (κ3) is 6.32. The summed E-state index contributed by atoms with van der Waals surface area (Å²) >= 11 is 5.55. The Hall–Kier alpha value is -0.790. The van der Waals surface area contributed by atoms with E-state index < -0.39 is 0 Å². The van der Waals surface area contributed by atoms with Crippen molar-refractivity contribution < 1.29 is 4.74 Å². The van der Waals surface area contributed by atoms with Gasteiger partial charge in [0.25, 0.3) is 0 Å². The average molecular weight is 225 g/mol. The Labute approximate surface area is 96.7 Å². The molecule has 0 saturated heterocycles. The Morgan fingerprint density at radius 1 is 1.13 bits per heavy atom. The highest BCUT2D eigenvalue weighted by Gasteiger charge is 1.86. The zero-order valence-corrected chi connectivity index (χ0v) is 9.62. The molecule has 0 fully saturated rings. The lowest BCUT2D eigenvalue weighted by atomic mass is 10.2. The van der Waals surface area contributed by atoms with Gasteiger partial charge in [-0.1, -0.05) is 42.5 Å². The van der Waals surface area contributed by atoms with E-state index in [0.717, 1.165) is 25.3 Å². The first-order valence-corrected chi connectivity index (χ1v) is 5.82. The summed E-state index contributed by atoms with van der Waals surface area (Å²) in [5.74, 6) is 0.725. The van der Waals surface area contributed by atoms with E-state index >= 15 is 0 Å². The average Bonchev–Trinajstić information content (AvgIpc) is 2.29. The molecule has 0 saturated carbocycles. The van der Waals surface area contributed by atoms with Gasteiger partial charge in [-0.05, 0) is 18.4 Å². The van der Waals surface area contributed by atoms with Crippen LogP contribution in [0.1, 0.15) is 18.4 Å². The molecule has 0 amide bonds. The predicted molar refractivity (Wildman–Crippen MR) is 66.2 cm³/mol. The van der Waals surface area contributed by atoms with Crippen molar-refractivity contribution in [3.8, 4) is 0 Å². The van der Waals surface area contributed by atoms with Crippen molar-refractivity contribution in [1.29, 1.82) is 0 Å². The van der Waals surface area contributed by atoms with Crippen molar-refractivity contribution in [2.45, 2.75) is 12.8 Å². The number of alkyl halides is 1. The molecule has 0 spiro atoms. The highest BCUT2D eigenvalue weighted by molar-refractivity contribution is 6.17. The van der Waals surface area contributed by atoms with E-state index in [1.165, 1.54) is 5.56 Å². The normalized spacial score (nSPS) is 11.0. The second kappa shape index (κ2) is 8.51. The van der Waals surface area contributed by atoms with Gasteiger partial charge in [0.1, 0.15) is 0 Å². The number of rotatable bonds is 7. The van der Waals surface area contributed by atoms with Crippen LogP contribution in [-0.2, 0) is 4.74 Å². The fourth-order valence-electron chi connectivity index (χ4n) is 1.20. The third-order valence-electron chi connectivity index (χ3n) is 2.00. The lowest BCUT2D eigenvalue weighted by molar-refractivity contribution is 0.159. The molecule has 1 aromatic rings. The molecular weight excluding hydrogens is 208 g/mol. The second-order valence-electron chi connectivity index (χ2n) is 3.28. The number of benzene rings is 1. The maximum atomic E-state index is 5.55. The minimum absolute atomic E-state index is 0.678. The van der Waals surface area contributed by atoms with Gasteiger partial charge in [0.15, 0.2) is 0 Å². The number of hydrogen-bond donors (Lipinski definition) is 0. The van der Waals surface area contributed by atoms with Crippen molar-refractivity contribution in [3.63, 3.8) is 0 Å². The zero-order valence-electron chi connectivity index (χ0n) is 8.86. The SMILES string of the molecule is ClCCCCOCC=Cc1ccccc1. The molecule has 0 unspecified atom stereocenters. The highest BCUT2D eigenvalue weighted by atomic mass is 35.5. The van der Waals surface area contributed by atoms with Gasteiger partial charge in [-0.15, -0.1) is 11.6 Å². The molecule has 15 heavy (non-hydrogen) atoms. The fourth-order valence-corrected chi connectivity index (χ4v) is 1.39. The van der Waals surface area contributed by atoms with Crippen molar-refractivity contribution in [2.24, 2.45) is 0 Å².